The molecule has 1 heterocycles. The third kappa shape index (κ3) is 4.96. The van der Waals surface area contributed by atoms with Gasteiger partial charge >= 0.3 is 5.63 Å². The summed E-state index contributed by atoms with van der Waals surface area (Å²) in [5.74, 6) is 0.962. The number of benzene rings is 3. The van der Waals surface area contributed by atoms with Gasteiger partial charge in [0.05, 0.1) is 14.2 Å². The first kappa shape index (κ1) is 22.3. The molecule has 4 rings (SSSR count). The summed E-state index contributed by atoms with van der Waals surface area (Å²) in [6.07, 6.45) is 0. The van der Waals surface area contributed by atoms with Crippen LogP contribution in [0.5, 0.6) is 17.2 Å². The van der Waals surface area contributed by atoms with Crippen LogP contribution < -0.4 is 20.4 Å². The molecular formula is C25H21NO6S. The second-order valence-corrected chi connectivity index (χ2v) is 8.13. The Kier molecular flexibility index (Phi) is 6.55. The molecule has 4 aromatic rings. The molecule has 168 valence electrons. The van der Waals surface area contributed by atoms with E-state index in [1.807, 2.05) is 12.1 Å². The maximum Gasteiger partial charge on any atom is 0.340 e. The van der Waals surface area contributed by atoms with Gasteiger partial charge in [-0.15, -0.1) is 11.8 Å². The van der Waals surface area contributed by atoms with E-state index in [9.17, 15) is 14.7 Å². The third-order valence-corrected chi connectivity index (χ3v) is 6.01. The number of rotatable bonds is 7. The molecule has 0 fully saturated rings. The van der Waals surface area contributed by atoms with Crippen LogP contribution >= 0.6 is 11.8 Å². The Labute approximate surface area is 194 Å². The van der Waals surface area contributed by atoms with Gasteiger partial charge in [-0.1, -0.05) is 6.07 Å². The fourth-order valence-electron chi connectivity index (χ4n) is 3.31. The Bertz CT molecular complexity index is 1340. The van der Waals surface area contributed by atoms with Gasteiger partial charge in [-0.05, 0) is 54.6 Å². The highest BCUT2D eigenvalue weighted by atomic mass is 32.2. The van der Waals surface area contributed by atoms with Gasteiger partial charge in [-0.25, -0.2) is 4.79 Å². The highest BCUT2D eigenvalue weighted by molar-refractivity contribution is 7.98. The molecule has 0 aliphatic heterocycles. The summed E-state index contributed by atoms with van der Waals surface area (Å²) in [6, 6.07) is 18.9. The molecule has 0 atom stereocenters. The number of phenols is 1. The van der Waals surface area contributed by atoms with Crippen molar-refractivity contribution in [3.8, 4) is 17.2 Å². The zero-order chi connectivity index (χ0) is 23.4. The fourth-order valence-corrected chi connectivity index (χ4v) is 4.16. The number of methoxy groups -OCH3 is 2. The number of fused-ring (bicyclic) bond motifs is 1. The Morgan fingerprint density at radius 2 is 1.70 bits per heavy atom. The predicted octanol–water partition coefficient (Wildman–Crippen LogP) is 5.06. The van der Waals surface area contributed by atoms with Crippen LogP contribution in [0.4, 0.5) is 5.69 Å². The normalized spacial score (nSPS) is 10.7. The summed E-state index contributed by atoms with van der Waals surface area (Å²) < 4.78 is 15.9. The lowest BCUT2D eigenvalue weighted by atomic mass is 10.1. The number of thioether (sulfide) groups is 1. The minimum atomic E-state index is -0.435. The Hall–Kier alpha value is -3.91. The first-order valence-corrected chi connectivity index (χ1v) is 11.0. The van der Waals surface area contributed by atoms with E-state index < -0.39 is 5.63 Å². The van der Waals surface area contributed by atoms with Gasteiger partial charge in [0.25, 0.3) is 5.91 Å². The summed E-state index contributed by atoms with van der Waals surface area (Å²) >= 11 is 1.47. The zero-order valence-corrected chi connectivity index (χ0v) is 18.8. The van der Waals surface area contributed by atoms with Crippen molar-refractivity contribution in [2.45, 2.75) is 10.6 Å². The Morgan fingerprint density at radius 3 is 2.36 bits per heavy atom. The van der Waals surface area contributed by atoms with E-state index >= 15 is 0 Å². The summed E-state index contributed by atoms with van der Waals surface area (Å²) in [5, 5.41) is 13.1. The van der Waals surface area contributed by atoms with Crippen molar-refractivity contribution < 1.29 is 23.8 Å². The third-order valence-electron chi connectivity index (χ3n) is 4.95. The van der Waals surface area contributed by atoms with Gasteiger partial charge in [0.15, 0.2) is 0 Å². The van der Waals surface area contributed by atoms with E-state index in [1.165, 1.54) is 32.0 Å². The average molecular weight is 464 g/mol. The Balaban J connectivity index is 1.45. The fraction of sp³-hybridized carbons (Fsp3) is 0.120. The number of amides is 1. The van der Waals surface area contributed by atoms with Gasteiger partial charge in [-0.2, -0.15) is 0 Å². The number of ether oxygens (including phenoxy) is 2. The number of aromatic hydroxyl groups is 1. The highest BCUT2D eigenvalue weighted by Crippen LogP contribution is 2.30. The van der Waals surface area contributed by atoms with Crippen LogP contribution in [-0.4, -0.2) is 25.2 Å². The zero-order valence-electron chi connectivity index (χ0n) is 18.0. The number of anilines is 1. The van der Waals surface area contributed by atoms with Crippen LogP contribution in [0.2, 0.25) is 0 Å². The summed E-state index contributed by atoms with van der Waals surface area (Å²) in [4.78, 5) is 26.0. The van der Waals surface area contributed by atoms with Gasteiger partial charge in [0.1, 0.15) is 28.4 Å². The van der Waals surface area contributed by atoms with E-state index in [0.717, 1.165) is 10.3 Å². The van der Waals surface area contributed by atoms with Crippen molar-refractivity contribution in [3.05, 3.63) is 88.3 Å². The van der Waals surface area contributed by atoms with Crippen LogP contribution in [0.15, 0.2) is 80.8 Å². The van der Waals surface area contributed by atoms with Crippen molar-refractivity contribution in [2.24, 2.45) is 0 Å². The van der Waals surface area contributed by atoms with Gasteiger partial charge in [0, 0.05) is 33.4 Å². The molecule has 0 saturated heterocycles. The molecule has 0 radical (unpaired) electrons. The van der Waals surface area contributed by atoms with Crippen molar-refractivity contribution >= 4 is 34.3 Å². The molecular weight excluding hydrogens is 442 g/mol. The van der Waals surface area contributed by atoms with Crippen molar-refractivity contribution in [3.63, 3.8) is 0 Å². The van der Waals surface area contributed by atoms with Crippen LogP contribution in [0, 0.1) is 0 Å². The molecule has 2 N–H and O–H groups in total. The Morgan fingerprint density at radius 1 is 1.00 bits per heavy atom. The van der Waals surface area contributed by atoms with Crippen molar-refractivity contribution in [1.29, 1.82) is 0 Å². The van der Waals surface area contributed by atoms with E-state index in [1.54, 1.807) is 48.5 Å². The summed E-state index contributed by atoms with van der Waals surface area (Å²) in [7, 11) is 3.00. The number of carbonyl (C=O) groups excluding carboxylic acids is 1. The summed E-state index contributed by atoms with van der Waals surface area (Å²) in [5.41, 5.74) is 1.37. The molecule has 7 nitrogen and oxygen atoms in total. The second-order valence-electron chi connectivity index (χ2n) is 7.09. The van der Waals surface area contributed by atoms with Crippen LogP contribution in [0.3, 0.4) is 0 Å². The van der Waals surface area contributed by atoms with Gasteiger partial charge in [0.2, 0.25) is 0 Å². The minimum absolute atomic E-state index is 0.0455. The number of nitrogens with one attached hydrogen (secondary N) is 1. The molecule has 1 amide bonds. The lowest BCUT2D eigenvalue weighted by Crippen LogP contribution is -2.14. The maximum atomic E-state index is 12.8. The number of phenolic OH excluding ortho intramolecular Hbond substituents is 1. The molecule has 0 aliphatic carbocycles. The lowest BCUT2D eigenvalue weighted by Gasteiger charge is -2.13. The van der Waals surface area contributed by atoms with Gasteiger partial charge in [-0.3, -0.25) is 4.79 Å². The average Bonchev–Trinajstić information content (AvgIpc) is 2.83. The van der Waals surface area contributed by atoms with E-state index in [4.69, 9.17) is 13.9 Å². The molecule has 0 unspecified atom stereocenters. The quantitative estimate of drug-likeness (QED) is 0.292. The van der Waals surface area contributed by atoms with E-state index in [-0.39, 0.29) is 11.7 Å². The van der Waals surface area contributed by atoms with Crippen LogP contribution in [-0.2, 0) is 5.75 Å². The first-order valence-electron chi connectivity index (χ1n) is 9.99. The lowest BCUT2D eigenvalue weighted by molar-refractivity contribution is 0.102. The number of hydrogen-bond acceptors (Lipinski definition) is 7. The van der Waals surface area contributed by atoms with Crippen molar-refractivity contribution in [1.82, 2.24) is 0 Å². The maximum absolute atomic E-state index is 12.8. The van der Waals surface area contributed by atoms with Crippen molar-refractivity contribution in [2.75, 3.05) is 19.5 Å². The van der Waals surface area contributed by atoms with E-state index in [2.05, 4.69) is 5.32 Å². The second kappa shape index (κ2) is 9.70. The molecule has 0 bridgehead atoms. The molecule has 8 heteroatoms. The summed E-state index contributed by atoms with van der Waals surface area (Å²) in [6.45, 7) is 0. The highest BCUT2D eigenvalue weighted by Gasteiger charge is 2.18. The van der Waals surface area contributed by atoms with Gasteiger partial charge < -0.3 is 24.3 Å². The topological polar surface area (TPSA) is 98.0 Å². The minimum Gasteiger partial charge on any atom is -0.508 e. The molecule has 33 heavy (non-hydrogen) atoms. The predicted molar refractivity (Wildman–Crippen MR) is 128 cm³/mol. The smallest absolute Gasteiger partial charge is 0.340 e. The molecule has 0 saturated carbocycles. The largest absolute Gasteiger partial charge is 0.508 e. The van der Waals surface area contributed by atoms with Crippen LogP contribution in [0.25, 0.3) is 11.0 Å². The SMILES string of the molecule is COc1cccc(OC)c1C(=O)Nc1ccc(SCc2cc3ccc(O)cc3oc2=O)cc1. The van der Waals surface area contributed by atoms with E-state index in [0.29, 0.717) is 39.6 Å². The number of hydrogen-bond donors (Lipinski definition) is 2. The monoisotopic (exact) mass is 463 g/mol. The van der Waals surface area contributed by atoms with Crippen LogP contribution in [0.1, 0.15) is 15.9 Å². The first-order chi connectivity index (χ1) is 16.0. The molecule has 0 spiro atoms. The molecule has 0 aliphatic rings. The molecule has 1 aromatic heterocycles. The molecule has 3 aromatic carbocycles. The standard InChI is InChI=1S/C25H21NO6S/c1-30-20-4-3-5-21(31-2)23(20)24(28)26-17-7-10-19(11-8-17)33-14-16-12-15-6-9-18(27)13-22(15)32-25(16)29/h3-13,27H,14H2,1-2H3,(H,26,28). The number of carbonyl (C=O) groups is 1.